The molecule has 2 heterocycles. The highest BCUT2D eigenvalue weighted by Crippen LogP contribution is 2.39. The summed E-state index contributed by atoms with van der Waals surface area (Å²) in [6.45, 7) is 4.21. The number of rotatable bonds is 8. The second-order valence-corrected chi connectivity index (χ2v) is 9.05. The van der Waals surface area contributed by atoms with Crippen LogP contribution in [0.25, 0.3) is 0 Å². The number of benzene rings is 2. The third-order valence-electron chi connectivity index (χ3n) is 6.73. The van der Waals surface area contributed by atoms with E-state index in [0.29, 0.717) is 61.3 Å². The molecule has 0 aliphatic carbocycles. The summed E-state index contributed by atoms with van der Waals surface area (Å²) in [5.41, 5.74) is 1.45. The zero-order valence-electron chi connectivity index (χ0n) is 21.3. The zero-order chi connectivity index (χ0) is 25.7. The first-order valence-electron chi connectivity index (χ1n) is 12.2. The van der Waals surface area contributed by atoms with Crippen molar-refractivity contribution in [1.29, 1.82) is 0 Å². The van der Waals surface area contributed by atoms with Crippen LogP contribution in [0.4, 0.5) is 0 Å². The number of ether oxygens (including phenoxy) is 5. The predicted octanol–water partition coefficient (Wildman–Crippen LogP) is 3.60. The van der Waals surface area contributed by atoms with Gasteiger partial charge in [-0.3, -0.25) is 9.59 Å². The zero-order valence-corrected chi connectivity index (χ0v) is 21.3. The van der Waals surface area contributed by atoms with Crippen molar-refractivity contribution in [2.45, 2.75) is 32.2 Å². The summed E-state index contributed by atoms with van der Waals surface area (Å²) in [4.78, 5) is 27.7. The lowest BCUT2D eigenvalue weighted by Crippen LogP contribution is -2.40. The highest BCUT2D eigenvalue weighted by atomic mass is 16.6. The average Bonchev–Trinajstić information content (AvgIpc) is 2.91. The van der Waals surface area contributed by atoms with Gasteiger partial charge in [-0.25, -0.2) is 0 Å². The molecule has 0 aromatic heterocycles. The van der Waals surface area contributed by atoms with Gasteiger partial charge >= 0.3 is 0 Å². The van der Waals surface area contributed by atoms with Crippen LogP contribution in [0, 0.1) is 5.92 Å². The number of fused-ring (bicyclic) bond motifs is 1. The predicted molar refractivity (Wildman–Crippen MR) is 133 cm³/mol. The fourth-order valence-electron chi connectivity index (χ4n) is 4.70. The number of methoxy groups -OCH3 is 3. The molecule has 2 amide bonds. The van der Waals surface area contributed by atoms with Gasteiger partial charge in [-0.15, -0.1) is 0 Å². The van der Waals surface area contributed by atoms with Crippen LogP contribution < -0.4 is 29.0 Å². The summed E-state index contributed by atoms with van der Waals surface area (Å²) >= 11 is 0. The molecule has 1 N–H and O–H groups in total. The number of nitrogens with one attached hydrogen (secondary N) is 1. The van der Waals surface area contributed by atoms with E-state index in [9.17, 15) is 9.59 Å². The largest absolute Gasteiger partial charge is 0.493 e. The number of carbonyl (C=O) groups excluding carboxylic acids is 2. The molecule has 0 spiro atoms. The number of likely N-dealkylation sites (tertiary alicyclic amines) is 1. The Morgan fingerprint density at radius 1 is 0.972 bits per heavy atom. The monoisotopic (exact) mass is 498 g/mol. The first-order valence-corrected chi connectivity index (χ1v) is 12.2. The van der Waals surface area contributed by atoms with Crippen molar-refractivity contribution < 1.29 is 33.3 Å². The van der Waals surface area contributed by atoms with E-state index in [1.807, 2.05) is 30.0 Å². The summed E-state index contributed by atoms with van der Waals surface area (Å²) < 4.78 is 27.3. The molecule has 9 nitrogen and oxygen atoms in total. The minimum Gasteiger partial charge on any atom is -0.493 e. The molecule has 2 aromatic rings. The van der Waals surface area contributed by atoms with Crippen molar-refractivity contribution in [3.05, 3.63) is 41.5 Å². The minimum absolute atomic E-state index is 0.00629. The van der Waals surface area contributed by atoms with Gasteiger partial charge in [0.15, 0.2) is 23.0 Å². The van der Waals surface area contributed by atoms with Crippen molar-refractivity contribution in [1.82, 2.24) is 10.2 Å². The van der Waals surface area contributed by atoms with E-state index in [-0.39, 0.29) is 23.8 Å². The van der Waals surface area contributed by atoms with Crippen molar-refractivity contribution in [2.75, 3.05) is 47.6 Å². The molecule has 2 aliphatic rings. The maximum Gasteiger partial charge on any atom is 0.254 e. The maximum atomic E-state index is 13.1. The molecule has 9 heteroatoms. The van der Waals surface area contributed by atoms with Crippen molar-refractivity contribution >= 4 is 11.8 Å². The molecule has 36 heavy (non-hydrogen) atoms. The molecule has 194 valence electrons. The van der Waals surface area contributed by atoms with Crippen LogP contribution in [0.5, 0.6) is 28.7 Å². The Morgan fingerprint density at radius 3 is 2.22 bits per heavy atom. The Labute approximate surface area is 211 Å². The van der Waals surface area contributed by atoms with Gasteiger partial charge in [0.05, 0.1) is 27.4 Å². The number of nitrogens with zero attached hydrogens (tertiary/aromatic N) is 1. The lowest BCUT2D eigenvalue weighted by molar-refractivity contribution is -0.122. The van der Waals surface area contributed by atoms with Crippen LogP contribution in [-0.4, -0.2) is 64.3 Å². The Morgan fingerprint density at radius 2 is 1.61 bits per heavy atom. The van der Waals surface area contributed by atoms with Crippen molar-refractivity contribution in [3.63, 3.8) is 0 Å². The van der Waals surface area contributed by atoms with Gasteiger partial charge in [0.25, 0.3) is 5.91 Å². The Bertz CT molecular complexity index is 1070. The van der Waals surface area contributed by atoms with E-state index in [2.05, 4.69) is 5.32 Å². The molecule has 4 rings (SSSR count). The van der Waals surface area contributed by atoms with Gasteiger partial charge in [0, 0.05) is 25.1 Å². The normalized spacial score (nSPS) is 16.2. The van der Waals surface area contributed by atoms with E-state index in [0.717, 1.165) is 24.2 Å². The molecule has 1 atom stereocenters. The Balaban J connectivity index is 1.30. The van der Waals surface area contributed by atoms with E-state index in [4.69, 9.17) is 23.7 Å². The summed E-state index contributed by atoms with van der Waals surface area (Å²) in [7, 11) is 4.58. The molecular formula is C27H34N2O7. The van der Waals surface area contributed by atoms with Gasteiger partial charge in [-0.2, -0.15) is 0 Å². The average molecular weight is 499 g/mol. The van der Waals surface area contributed by atoms with Gasteiger partial charge in [0.2, 0.25) is 11.7 Å². The first kappa shape index (κ1) is 25.5. The molecule has 2 aliphatic heterocycles. The topological polar surface area (TPSA) is 95.6 Å². The Kier molecular flexibility index (Phi) is 8.07. The number of amides is 2. The van der Waals surface area contributed by atoms with Gasteiger partial charge in [-0.1, -0.05) is 6.07 Å². The van der Waals surface area contributed by atoms with Crippen molar-refractivity contribution in [3.8, 4) is 28.7 Å². The summed E-state index contributed by atoms with van der Waals surface area (Å²) in [6.07, 6.45) is 1.96. The maximum absolute atomic E-state index is 13.1. The molecule has 0 saturated carbocycles. The summed E-state index contributed by atoms with van der Waals surface area (Å²) in [6, 6.07) is 8.95. The van der Waals surface area contributed by atoms with Crippen LogP contribution in [0.3, 0.4) is 0 Å². The number of hydrogen-bond acceptors (Lipinski definition) is 7. The second kappa shape index (κ2) is 11.4. The standard InChI is InChI=1S/C27H34N2O7/c1-17(19-5-6-21-22(14-19)36-12-11-35-21)28-25(30)13-18-7-9-29(10-8-18)27(31)20-15-23(32-2)26(34-4)24(16-20)33-3/h5-6,14-18H,7-13H2,1-4H3,(H,28,30)/t17-/m1/s1. The van der Waals surface area contributed by atoms with Crippen LogP contribution >= 0.6 is 0 Å². The van der Waals surface area contributed by atoms with E-state index in [1.165, 1.54) is 21.3 Å². The molecular weight excluding hydrogens is 464 g/mol. The highest BCUT2D eigenvalue weighted by Gasteiger charge is 2.27. The fraction of sp³-hybridized carbons (Fsp3) is 0.481. The number of hydrogen-bond donors (Lipinski definition) is 1. The lowest BCUT2D eigenvalue weighted by Gasteiger charge is -2.32. The quantitative estimate of drug-likeness (QED) is 0.594. The fourth-order valence-corrected chi connectivity index (χ4v) is 4.70. The second-order valence-electron chi connectivity index (χ2n) is 9.05. The van der Waals surface area contributed by atoms with Crippen LogP contribution in [0.1, 0.15) is 48.1 Å². The third-order valence-corrected chi connectivity index (χ3v) is 6.73. The number of carbonyl (C=O) groups is 2. The van der Waals surface area contributed by atoms with Gasteiger partial charge in [0.1, 0.15) is 13.2 Å². The third kappa shape index (κ3) is 5.61. The molecule has 0 radical (unpaired) electrons. The van der Waals surface area contributed by atoms with E-state index >= 15 is 0 Å². The molecule has 1 saturated heterocycles. The molecule has 0 bridgehead atoms. The molecule has 1 fully saturated rings. The van der Waals surface area contributed by atoms with Crippen molar-refractivity contribution in [2.24, 2.45) is 5.92 Å². The van der Waals surface area contributed by atoms with E-state index < -0.39 is 0 Å². The molecule has 2 aromatic carbocycles. The van der Waals surface area contributed by atoms with Crippen LogP contribution in [0.15, 0.2) is 30.3 Å². The smallest absolute Gasteiger partial charge is 0.254 e. The number of piperidine rings is 1. The molecule has 0 unspecified atom stereocenters. The van der Waals surface area contributed by atoms with Crippen LogP contribution in [-0.2, 0) is 4.79 Å². The lowest BCUT2D eigenvalue weighted by atomic mass is 9.92. The van der Waals surface area contributed by atoms with E-state index in [1.54, 1.807) is 12.1 Å². The van der Waals surface area contributed by atoms with Crippen LogP contribution in [0.2, 0.25) is 0 Å². The summed E-state index contributed by atoms with van der Waals surface area (Å²) in [5, 5.41) is 3.09. The van der Waals surface area contributed by atoms with Gasteiger partial charge < -0.3 is 33.9 Å². The SMILES string of the molecule is COc1cc(C(=O)N2CCC(CC(=O)N[C@H](C)c3ccc4c(c3)OCCO4)CC2)cc(OC)c1OC. The van der Waals surface area contributed by atoms with Gasteiger partial charge in [-0.05, 0) is 55.5 Å². The summed E-state index contributed by atoms with van der Waals surface area (Å²) in [5.74, 6) is 2.92. The first-order chi connectivity index (χ1) is 17.4. The Hall–Kier alpha value is -3.62. The minimum atomic E-state index is -0.143. The highest BCUT2D eigenvalue weighted by molar-refractivity contribution is 5.95.